The van der Waals surface area contributed by atoms with Gasteiger partial charge in [0, 0.05) is 24.7 Å². The minimum atomic E-state index is -0.342. The molecular weight excluding hydrogens is 243 g/mol. The highest BCUT2D eigenvalue weighted by atomic mass is 19.1. The number of piperidine rings is 1. The largest absolute Gasteiger partial charge is 0.334 e. The number of carbonyl (C=O) groups excluding carboxylic acids is 1. The zero-order chi connectivity index (χ0) is 13.8. The number of hydrogen-bond acceptors (Lipinski definition) is 2. The quantitative estimate of drug-likeness (QED) is 0.909. The predicted octanol–water partition coefficient (Wildman–Crippen LogP) is 2.35. The summed E-state index contributed by atoms with van der Waals surface area (Å²) in [6.07, 6.45) is 3.19. The van der Waals surface area contributed by atoms with Gasteiger partial charge in [0.15, 0.2) is 0 Å². The van der Waals surface area contributed by atoms with Crippen LogP contribution in [0.25, 0.3) is 0 Å². The molecule has 0 saturated carbocycles. The summed E-state index contributed by atoms with van der Waals surface area (Å²) in [6, 6.07) is 4.75. The van der Waals surface area contributed by atoms with Crippen molar-refractivity contribution in [1.29, 1.82) is 0 Å². The number of nitrogens with zero attached hydrogens (tertiary/aromatic N) is 1. The van der Waals surface area contributed by atoms with Crippen LogP contribution in [0.2, 0.25) is 0 Å². The molecule has 1 heterocycles. The number of hydrogen-bond donors (Lipinski definition) is 1. The van der Waals surface area contributed by atoms with Crippen molar-refractivity contribution >= 4 is 5.91 Å². The fourth-order valence-corrected chi connectivity index (χ4v) is 2.74. The predicted molar refractivity (Wildman–Crippen MR) is 73.7 cm³/mol. The van der Waals surface area contributed by atoms with Crippen LogP contribution < -0.4 is 5.32 Å². The Morgan fingerprint density at radius 2 is 2.21 bits per heavy atom. The smallest absolute Gasteiger partial charge is 0.254 e. The van der Waals surface area contributed by atoms with Gasteiger partial charge >= 0.3 is 0 Å². The Morgan fingerprint density at radius 3 is 2.89 bits per heavy atom. The summed E-state index contributed by atoms with van der Waals surface area (Å²) in [5.74, 6) is -0.395. The number of rotatable bonds is 3. The molecule has 1 aliphatic heterocycles. The molecule has 3 nitrogen and oxygen atoms in total. The van der Waals surface area contributed by atoms with E-state index in [1.807, 2.05) is 11.9 Å². The van der Waals surface area contributed by atoms with Gasteiger partial charge in [0.05, 0.1) is 0 Å². The summed E-state index contributed by atoms with van der Waals surface area (Å²) in [5, 5.41) is 3.13. The topological polar surface area (TPSA) is 32.3 Å². The van der Waals surface area contributed by atoms with Crippen molar-refractivity contribution in [3.63, 3.8) is 0 Å². The van der Waals surface area contributed by atoms with Gasteiger partial charge < -0.3 is 10.2 Å². The summed E-state index contributed by atoms with van der Waals surface area (Å²) >= 11 is 0. The molecule has 2 rings (SSSR count). The molecule has 0 radical (unpaired) electrons. The van der Waals surface area contributed by atoms with Crippen LogP contribution in [0.3, 0.4) is 0 Å². The van der Waals surface area contributed by atoms with Gasteiger partial charge in [-0.1, -0.05) is 0 Å². The third-order valence-corrected chi connectivity index (χ3v) is 3.62. The molecule has 1 N–H and O–H groups in total. The maximum Gasteiger partial charge on any atom is 0.254 e. The number of halogens is 1. The third kappa shape index (κ3) is 3.32. The van der Waals surface area contributed by atoms with E-state index in [9.17, 15) is 9.18 Å². The maximum absolute atomic E-state index is 13.4. The molecular formula is C15H21FN2O. The molecule has 1 saturated heterocycles. The standard InChI is InChI=1S/C15H21FN2O/c1-11-7-12(9-13(16)8-11)15(19)18-6-4-3-5-14(18)10-17-2/h7-9,14,17H,3-6,10H2,1-2H3. The molecule has 0 aliphatic carbocycles. The molecule has 0 spiro atoms. The summed E-state index contributed by atoms with van der Waals surface area (Å²) in [6.45, 7) is 3.36. The molecule has 1 aromatic carbocycles. The molecule has 1 aromatic rings. The second-order valence-corrected chi connectivity index (χ2v) is 5.22. The van der Waals surface area contributed by atoms with E-state index in [1.165, 1.54) is 12.1 Å². The highest BCUT2D eigenvalue weighted by Gasteiger charge is 2.27. The lowest BCUT2D eigenvalue weighted by molar-refractivity contribution is 0.0614. The molecule has 0 bridgehead atoms. The van der Waals surface area contributed by atoms with Crippen LogP contribution in [0.15, 0.2) is 18.2 Å². The Kier molecular flexibility index (Phi) is 4.53. The monoisotopic (exact) mass is 264 g/mol. The van der Waals surface area contributed by atoms with Crippen LogP contribution in [0.1, 0.15) is 35.2 Å². The normalized spacial score (nSPS) is 19.5. The van der Waals surface area contributed by atoms with E-state index in [0.29, 0.717) is 5.56 Å². The fourth-order valence-electron chi connectivity index (χ4n) is 2.74. The van der Waals surface area contributed by atoms with Crippen molar-refractivity contribution in [2.75, 3.05) is 20.1 Å². The van der Waals surface area contributed by atoms with Gasteiger partial charge in [-0.25, -0.2) is 4.39 Å². The van der Waals surface area contributed by atoms with Crippen LogP contribution in [0.5, 0.6) is 0 Å². The molecule has 1 fully saturated rings. The Morgan fingerprint density at radius 1 is 1.42 bits per heavy atom. The Balaban J connectivity index is 2.20. The summed E-state index contributed by atoms with van der Waals surface area (Å²) in [7, 11) is 1.89. The van der Waals surface area contributed by atoms with Gasteiger partial charge in [-0.05, 0) is 57.0 Å². The first-order chi connectivity index (χ1) is 9.11. The minimum absolute atomic E-state index is 0.0532. The van der Waals surface area contributed by atoms with Crippen LogP contribution >= 0.6 is 0 Å². The van der Waals surface area contributed by atoms with Crippen LogP contribution in [0.4, 0.5) is 4.39 Å². The van der Waals surface area contributed by atoms with E-state index in [2.05, 4.69) is 5.32 Å². The number of benzene rings is 1. The van der Waals surface area contributed by atoms with Crippen molar-refractivity contribution in [1.82, 2.24) is 10.2 Å². The summed E-state index contributed by atoms with van der Waals surface area (Å²) < 4.78 is 13.4. The van der Waals surface area contributed by atoms with Gasteiger partial charge in [-0.3, -0.25) is 4.79 Å². The molecule has 4 heteroatoms. The molecule has 19 heavy (non-hydrogen) atoms. The number of amides is 1. The molecule has 1 aliphatic rings. The number of likely N-dealkylation sites (tertiary alicyclic amines) is 1. The Labute approximate surface area is 113 Å². The van der Waals surface area contributed by atoms with Crippen molar-refractivity contribution in [3.05, 3.63) is 35.1 Å². The van der Waals surface area contributed by atoms with E-state index in [-0.39, 0.29) is 17.8 Å². The first-order valence-corrected chi connectivity index (χ1v) is 6.84. The van der Waals surface area contributed by atoms with E-state index < -0.39 is 0 Å². The van der Waals surface area contributed by atoms with Crippen molar-refractivity contribution < 1.29 is 9.18 Å². The second-order valence-electron chi connectivity index (χ2n) is 5.22. The molecule has 1 unspecified atom stereocenters. The van der Waals surface area contributed by atoms with E-state index in [4.69, 9.17) is 0 Å². The van der Waals surface area contributed by atoms with Crippen LogP contribution in [-0.4, -0.2) is 37.0 Å². The zero-order valence-electron chi connectivity index (χ0n) is 11.6. The van der Waals surface area contributed by atoms with Crippen LogP contribution in [-0.2, 0) is 0 Å². The van der Waals surface area contributed by atoms with Crippen molar-refractivity contribution in [2.24, 2.45) is 0 Å². The van der Waals surface area contributed by atoms with E-state index in [1.54, 1.807) is 13.0 Å². The summed E-state index contributed by atoms with van der Waals surface area (Å²) in [4.78, 5) is 14.4. The molecule has 1 amide bonds. The molecule has 0 aromatic heterocycles. The zero-order valence-corrected chi connectivity index (χ0v) is 11.6. The van der Waals surface area contributed by atoms with Gasteiger partial charge in [-0.2, -0.15) is 0 Å². The molecule has 104 valence electrons. The van der Waals surface area contributed by atoms with E-state index >= 15 is 0 Å². The van der Waals surface area contributed by atoms with Crippen LogP contribution in [0, 0.1) is 12.7 Å². The molecule has 1 atom stereocenters. The lowest BCUT2D eigenvalue weighted by Gasteiger charge is -2.35. The number of likely N-dealkylation sites (N-methyl/N-ethyl adjacent to an activating group) is 1. The van der Waals surface area contributed by atoms with E-state index in [0.717, 1.165) is 37.9 Å². The lowest BCUT2D eigenvalue weighted by Crippen LogP contribution is -2.48. The summed E-state index contributed by atoms with van der Waals surface area (Å²) in [5.41, 5.74) is 1.24. The van der Waals surface area contributed by atoms with Gasteiger partial charge in [0.1, 0.15) is 5.82 Å². The fraction of sp³-hybridized carbons (Fsp3) is 0.533. The number of aryl methyl sites for hydroxylation is 1. The third-order valence-electron chi connectivity index (χ3n) is 3.62. The SMILES string of the molecule is CNCC1CCCCN1C(=O)c1cc(C)cc(F)c1. The lowest BCUT2D eigenvalue weighted by atomic mass is 10.00. The minimum Gasteiger partial charge on any atom is -0.334 e. The average Bonchev–Trinajstić information content (AvgIpc) is 2.38. The first-order valence-electron chi connectivity index (χ1n) is 6.84. The number of carbonyl (C=O) groups is 1. The van der Waals surface area contributed by atoms with Gasteiger partial charge in [0.25, 0.3) is 5.91 Å². The highest BCUT2D eigenvalue weighted by molar-refractivity contribution is 5.94. The first kappa shape index (κ1) is 14.0. The Bertz CT molecular complexity index is 439. The highest BCUT2D eigenvalue weighted by Crippen LogP contribution is 2.20. The number of nitrogens with one attached hydrogen (secondary N) is 1. The van der Waals surface area contributed by atoms with Crippen molar-refractivity contribution in [3.8, 4) is 0 Å². The average molecular weight is 264 g/mol. The maximum atomic E-state index is 13.4. The Hall–Kier alpha value is -1.42. The van der Waals surface area contributed by atoms with Gasteiger partial charge in [0.2, 0.25) is 0 Å². The second kappa shape index (κ2) is 6.15. The van der Waals surface area contributed by atoms with Gasteiger partial charge in [-0.15, -0.1) is 0 Å². The van der Waals surface area contributed by atoms with Crippen molar-refractivity contribution in [2.45, 2.75) is 32.2 Å².